The fraction of sp³-hybridized carbons (Fsp3) is 0.320. The standard InChI is InChI=1S/C25H28N4O4/c1-32-22-9-5-8-21(14-22)29(20-6-3-2-4-7-20)24-16-26-15-23(27-24)28-12-10-19(11-13-28)17-33-18-25(30)31/h2-9,14-16,19H,10-13,17-18H2,1H3,(H,30,31). The van der Waals surface area contributed by atoms with Crippen LogP contribution in [0.2, 0.25) is 0 Å². The number of nitrogens with zero attached hydrogens (tertiary/aromatic N) is 4. The van der Waals surface area contributed by atoms with Crippen molar-refractivity contribution in [2.75, 3.05) is 43.2 Å². The van der Waals surface area contributed by atoms with E-state index in [4.69, 9.17) is 19.6 Å². The summed E-state index contributed by atoms with van der Waals surface area (Å²) in [5, 5.41) is 8.74. The summed E-state index contributed by atoms with van der Waals surface area (Å²) in [7, 11) is 1.66. The van der Waals surface area contributed by atoms with Gasteiger partial charge in [0.15, 0.2) is 5.82 Å². The molecule has 3 aromatic rings. The van der Waals surface area contributed by atoms with E-state index in [1.807, 2.05) is 54.6 Å². The van der Waals surface area contributed by atoms with Crippen molar-refractivity contribution in [2.24, 2.45) is 5.92 Å². The van der Waals surface area contributed by atoms with Crippen LogP contribution < -0.4 is 14.5 Å². The minimum absolute atomic E-state index is 0.243. The summed E-state index contributed by atoms with van der Waals surface area (Å²) in [5.41, 5.74) is 1.91. The molecule has 8 nitrogen and oxygen atoms in total. The van der Waals surface area contributed by atoms with Gasteiger partial charge < -0.3 is 19.5 Å². The van der Waals surface area contributed by atoms with Gasteiger partial charge in [0.2, 0.25) is 0 Å². The normalized spacial score (nSPS) is 14.2. The number of carbonyl (C=O) groups is 1. The van der Waals surface area contributed by atoms with E-state index in [1.54, 1.807) is 19.5 Å². The Morgan fingerprint density at radius 2 is 1.85 bits per heavy atom. The van der Waals surface area contributed by atoms with Crippen LogP contribution >= 0.6 is 0 Å². The number of aromatic nitrogens is 2. The summed E-state index contributed by atoms with van der Waals surface area (Å²) >= 11 is 0. The van der Waals surface area contributed by atoms with Gasteiger partial charge in [0, 0.05) is 24.8 Å². The highest BCUT2D eigenvalue weighted by molar-refractivity contribution is 5.75. The van der Waals surface area contributed by atoms with Gasteiger partial charge in [-0.3, -0.25) is 9.88 Å². The van der Waals surface area contributed by atoms with E-state index in [2.05, 4.69) is 14.8 Å². The molecule has 1 N–H and O–H groups in total. The van der Waals surface area contributed by atoms with E-state index < -0.39 is 5.97 Å². The van der Waals surface area contributed by atoms with Crippen molar-refractivity contribution >= 4 is 29.0 Å². The smallest absolute Gasteiger partial charge is 0.329 e. The predicted octanol–water partition coefficient (Wildman–Crippen LogP) is 4.27. The summed E-state index contributed by atoms with van der Waals surface area (Å²) in [6, 6.07) is 17.9. The number of methoxy groups -OCH3 is 1. The first-order chi connectivity index (χ1) is 16.1. The topological polar surface area (TPSA) is 88.0 Å². The van der Waals surface area contributed by atoms with Crippen LogP contribution in [-0.2, 0) is 9.53 Å². The zero-order chi connectivity index (χ0) is 23.0. The summed E-state index contributed by atoms with van der Waals surface area (Å²) < 4.78 is 10.7. The maximum absolute atomic E-state index is 10.6. The summed E-state index contributed by atoms with van der Waals surface area (Å²) in [6.45, 7) is 1.88. The molecule has 33 heavy (non-hydrogen) atoms. The zero-order valence-corrected chi connectivity index (χ0v) is 18.6. The van der Waals surface area contributed by atoms with Crippen molar-refractivity contribution in [3.8, 4) is 5.75 Å². The highest BCUT2D eigenvalue weighted by atomic mass is 16.5. The van der Waals surface area contributed by atoms with Crippen molar-refractivity contribution < 1.29 is 19.4 Å². The fourth-order valence-electron chi connectivity index (χ4n) is 3.99. The van der Waals surface area contributed by atoms with Crippen molar-refractivity contribution in [1.82, 2.24) is 9.97 Å². The number of piperidine rings is 1. The van der Waals surface area contributed by atoms with E-state index >= 15 is 0 Å². The van der Waals surface area contributed by atoms with E-state index in [1.165, 1.54) is 0 Å². The Hall–Kier alpha value is -3.65. The van der Waals surface area contributed by atoms with E-state index in [0.717, 1.165) is 54.7 Å². The Balaban J connectivity index is 1.54. The van der Waals surface area contributed by atoms with Gasteiger partial charge in [-0.15, -0.1) is 0 Å². The Bertz CT molecular complexity index is 1060. The molecule has 1 aliphatic rings. The third-order valence-electron chi connectivity index (χ3n) is 5.68. The molecule has 2 heterocycles. The van der Waals surface area contributed by atoms with Crippen LogP contribution in [0.25, 0.3) is 0 Å². The molecule has 0 aliphatic carbocycles. The van der Waals surface area contributed by atoms with Gasteiger partial charge in [-0.25, -0.2) is 9.78 Å². The maximum atomic E-state index is 10.6. The first-order valence-corrected chi connectivity index (χ1v) is 11.0. The number of ether oxygens (including phenoxy) is 2. The van der Waals surface area contributed by atoms with Crippen LogP contribution in [-0.4, -0.2) is 54.5 Å². The van der Waals surface area contributed by atoms with Gasteiger partial charge in [0.05, 0.1) is 31.8 Å². The number of rotatable bonds is 9. The highest BCUT2D eigenvalue weighted by Gasteiger charge is 2.22. The number of carboxylic acid groups (broad SMARTS) is 1. The number of carboxylic acids is 1. The molecule has 1 saturated heterocycles. The van der Waals surface area contributed by atoms with Gasteiger partial charge in [-0.1, -0.05) is 24.3 Å². The lowest BCUT2D eigenvalue weighted by Crippen LogP contribution is -2.36. The molecule has 0 amide bonds. The largest absolute Gasteiger partial charge is 0.497 e. The van der Waals surface area contributed by atoms with E-state index in [9.17, 15) is 4.79 Å². The molecule has 0 unspecified atom stereocenters. The second-order valence-electron chi connectivity index (χ2n) is 7.95. The summed E-state index contributed by atoms with van der Waals surface area (Å²) in [6.07, 6.45) is 5.40. The Morgan fingerprint density at radius 3 is 2.58 bits per heavy atom. The molecular formula is C25H28N4O4. The first-order valence-electron chi connectivity index (χ1n) is 11.0. The molecule has 0 bridgehead atoms. The Morgan fingerprint density at radius 1 is 1.09 bits per heavy atom. The molecule has 0 atom stereocenters. The van der Waals surface area contributed by atoms with Crippen molar-refractivity contribution in [3.05, 3.63) is 67.0 Å². The molecule has 1 aromatic heterocycles. The number of aliphatic carboxylic acids is 1. The van der Waals surface area contributed by atoms with E-state index in [-0.39, 0.29) is 6.61 Å². The van der Waals surface area contributed by atoms with Crippen molar-refractivity contribution in [2.45, 2.75) is 12.8 Å². The lowest BCUT2D eigenvalue weighted by molar-refractivity contribution is -0.142. The molecule has 4 rings (SSSR count). The summed E-state index contributed by atoms with van der Waals surface area (Å²) in [5.74, 6) is 1.73. The number of hydrogen-bond donors (Lipinski definition) is 1. The average Bonchev–Trinajstić information content (AvgIpc) is 2.85. The molecular weight excluding hydrogens is 420 g/mol. The lowest BCUT2D eigenvalue weighted by atomic mass is 9.98. The van der Waals surface area contributed by atoms with Crippen LogP contribution in [0.3, 0.4) is 0 Å². The molecule has 0 saturated carbocycles. The van der Waals surface area contributed by atoms with Gasteiger partial charge in [-0.2, -0.15) is 0 Å². The average molecular weight is 449 g/mol. The number of anilines is 4. The van der Waals surface area contributed by atoms with Gasteiger partial charge in [-0.05, 0) is 43.0 Å². The molecule has 172 valence electrons. The van der Waals surface area contributed by atoms with Crippen LogP contribution in [0.1, 0.15) is 12.8 Å². The summed E-state index contributed by atoms with van der Waals surface area (Å²) in [4.78, 5) is 24.4. The van der Waals surface area contributed by atoms with Crippen LogP contribution in [0.4, 0.5) is 23.0 Å². The van der Waals surface area contributed by atoms with Gasteiger partial charge >= 0.3 is 5.97 Å². The molecule has 0 radical (unpaired) electrons. The second-order valence-corrected chi connectivity index (χ2v) is 7.95. The Labute approximate surface area is 193 Å². The zero-order valence-electron chi connectivity index (χ0n) is 18.6. The SMILES string of the molecule is COc1cccc(N(c2ccccc2)c2cncc(N3CCC(COCC(=O)O)CC3)n2)c1. The lowest BCUT2D eigenvalue weighted by Gasteiger charge is -2.33. The van der Waals surface area contributed by atoms with Crippen LogP contribution in [0, 0.1) is 5.92 Å². The monoisotopic (exact) mass is 448 g/mol. The molecule has 8 heteroatoms. The predicted molar refractivity (Wildman–Crippen MR) is 127 cm³/mol. The van der Waals surface area contributed by atoms with Crippen molar-refractivity contribution in [3.63, 3.8) is 0 Å². The third-order valence-corrected chi connectivity index (χ3v) is 5.68. The number of para-hydroxylation sites is 1. The first kappa shape index (κ1) is 22.5. The van der Waals surface area contributed by atoms with Crippen LogP contribution in [0.5, 0.6) is 5.75 Å². The fourth-order valence-corrected chi connectivity index (χ4v) is 3.99. The Kier molecular flexibility index (Phi) is 7.36. The van der Waals surface area contributed by atoms with Crippen molar-refractivity contribution in [1.29, 1.82) is 0 Å². The number of benzene rings is 2. The van der Waals surface area contributed by atoms with Gasteiger partial charge in [0.25, 0.3) is 0 Å². The highest BCUT2D eigenvalue weighted by Crippen LogP contribution is 2.35. The third kappa shape index (κ3) is 5.78. The van der Waals surface area contributed by atoms with E-state index in [0.29, 0.717) is 12.5 Å². The molecule has 1 fully saturated rings. The number of hydrogen-bond acceptors (Lipinski definition) is 7. The molecule has 1 aliphatic heterocycles. The second kappa shape index (κ2) is 10.8. The molecule has 0 spiro atoms. The maximum Gasteiger partial charge on any atom is 0.329 e. The van der Waals surface area contributed by atoms with Gasteiger partial charge in [0.1, 0.15) is 18.2 Å². The van der Waals surface area contributed by atoms with Crippen LogP contribution in [0.15, 0.2) is 67.0 Å². The quantitative estimate of drug-likeness (QED) is 0.519. The minimum atomic E-state index is -0.932. The minimum Gasteiger partial charge on any atom is -0.497 e. The molecule has 2 aromatic carbocycles.